The lowest BCUT2D eigenvalue weighted by molar-refractivity contribution is 0.590. The Morgan fingerprint density at radius 1 is 0.783 bits per heavy atom. The van der Waals surface area contributed by atoms with Crippen molar-refractivity contribution in [2.24, 2.45) is 5.14 Å². The van der Waals surface area contributed by atoms with Crippen LogP contribution in [0.15, 0.2) is 48.5 Å². The predicted molar refractivity (Wildman–Crippen MR) is 90.7 cm³/mol. The maximum Gasteiger partial charge on any atom is 0.255 e. The topological polar surface area (TPSA) is 150 Å². The molecule has 0 amide bonds. The van der Waals surface area contributed by atoms with Gasteiger partial charge in [-0.25, -0.2) is 26.3 Å². The van der Waals surface area contributed by atoms with Gasteiger partial charge in [0.15, 0.2) is 5.08 Å². The molecule has 2 rings (SSSR count). The number of anilines is 4. The predicted octanol–water partition coefficient (Wildman–Crippen LogP) is 0.565. The molecular formula is C13H16N4O4S2. The summed E-state index contributed by atoms with van der Waals surface area (Å²) in [7, 11) is -8.65. The summed E-state index contributed by atoms with van der Waals surface area (Å²) >= 11 is 0. The largest absolute Gasteiger partial charge is 0.397 e. The van der Waals surface area contributed by atoms with Crippen molar-refractivity contribution in [3.05, 3.63) is 48.5 Å². The summed E-state index contributed by atoms with van der Waals surface area (Å²) in [6.07, 6.45) is 0. The molecule has 8 nitrogen and oxygen atoms in total. The van der Waals surface area contributed by atoms with E-state index in [1.807, 2.05) is 0 Å². The minimum absolute atomic E-state index is 0.0917. The number of benzene rings is 2. The zero-order valence-electron chi connectivity index (χ0n) is 12.0. The van der Waals surface area contributed by atoms with Gasteiger partial charge >= 0.3 is 0 Å². The second kappa shape index (κ2) is 6.07. The quantitative estimate of drug-likeness (QED) is 0.666. The Bertz CT molecular complexity index is 881. The molecule has 0 bridgehead atoms. The van der Waals surface area contributed by atoms with Crippen LogP contribution in [0.3, 0.4) is 0 Å². The van der Waals surface area contributed by atoms with Gasteiger partial charge < -0.3 is 11.5 Å². The van der Waals surface area contributed by atoms with Crippen molar-refractivity contribution in [1.82, 2.24) is 0 Å². The van der Waals surface area contributed by atoms with Crippen molar-refractivity contribution in [1.29, 1.82) is 0 Å². The molecule has 0 radical (unpaired) electrons. The lowest BCUT2D eigenvalue weighted by Crippen LogP contribution is -2.35. The molecule has 6 N–H and O–H groups in total. The van der Waals surface area contributed by atoms with Crippen LogP contribution in [-0.2, 0) is 20.0 Å². The van der Waals surface area contributed by atoms with Crippen LogP contribution in [0.2, 0.25) is 0 Å². The average Bonchev–Trinajstić information content (AvgIpc) is 2.40. The van der Waals surface area contributed by atoms with Crippen LogP contribution >= 0.6 is 0 Å². The fourth-order valence-corrected chi connectivity index (χ4v) is 5.05. The first-order valence-electron chi connectivity index (χ1n) is 6.34. The van der Waals surface area contributed by atoms with E-state index in [1.54, 1.807) is 24.3 Å². The first-order chi connectivity index (χ1) is 10.6. The van der Waals surface area contributed by atoms with Crippen molar-refractivity contribution in [3.63, 3.8) is 0 Å². The minimum atomic E-state index is -4.37. The van der Waals surface area contributed by atoms with Crippen LogP contribution in [0.4, 0.5) is 22.7 Å². The number of nitrogens with zero attached hydrogens (tertiary/aromatic N) is 1. The fraction of sp³-hybridized carbons (Fsp3) is 0.0769. The van der Waals surface area contributed by atoms with Crippen LogP contribution in [0.1, 0.15) is 0 Å². The molecule has 0 aromatic heterocycles. The standard InChI is InChI=1S/C13H16N4O4S2/c14-10-5-1-3-7-12(10)17(13-8-4-2-6-11(13)15)23(20,21)9-22(16,18)19/h1-8H,9,14-15H2,(H2,16,18,19). The van der Waals surface area contributed by atoms with Gasteiger partial charge in [-0.15, -0.1) is 0 Å². The van der Waals surface area contributed by atoms with E-state index in [9.17, 15) is 16.8 Å². The van der Waals surface area contributed by atoms with Crippen LogP contribution in [0, 0.1) is 0 Å². The van der Waals surface area contributed by atoms with E-state index in [2.05, 4.69) is 0 Å². The van der Waals surface area contributed by atoms with Crippen molar-refractivity contribution >= 4 is 42.8 Å². The smallest absolute Gasteiger partial charge is 0.255 e. The molecule has 23 heavy (non-hydrogen) atoms. The lowest BCUT2D eigenvalue weighted by atomic mass is 10.2. The van der Waals surface area contributed by atoms with Crippen LogP contribution in [0.5, 0.6) is 0 Å². The van der Waals surface area contributed by atoms with Crippen LogP contribution in [0.25, 0.3) is 0 Å². The first-order valence-corrected chi connectivity index (χ1v) is 9.67. The third-order valence-corrected chi connectivity index (χ3v) is 6.36. The molecular weight excluding hydrogens is 340 g/mol. The highest BCUT2D eigenvalue weighted by atomic mass is 32.3. The highest BCUT2D eigenvalue weighted by molar-refractivity contribution is 8.07. The molecule has 124 valence electrons. The van der Waals surface area contributed by atoms with E-state index in [0.29, 0.717) is 0 Å². The molecule has 2 aromatic carbocycles. The highest BCUT2D eigenvalue weighted by Crippen LogP contribution is 2.36. The van der Waals surface area contributed by atoms with E-state index in [0.717, 1.165) is 4.31 Å². The lowest BCUT2D eigenvalue weighted by Gasteiger charge is -2.26. The molecule has 0 fully saturated rings. The molecule has 0 unspecified atom stereocenters. The average molecular weight is 356 g/mol. The Hall–Kier alpha value is -2.30. The van der Waals surface area contributed by atoms with E-state index < -0.39 is 25.1 Å². The van der Waals surface area contributed by atoms with E-state index in [4.69, 9.17) is 16.6 Å². The summed E-state index contributed by atoms with van der Waals surface area (Å²) in [5, 5.41) is 3.62. The molecule has 0 aliphatic carbocycles. The van der Waals surface area contributed by atoms with Crippen molar-refractivity contribution in [2.75, 3.05) is 20.9 Å². The number of hydrogen-bond donors (Lipinski definition) is 3. The summed E-state index contributed by atoms with van der Waals surface area (Å²) in [6.45, 7) is 0. The van der Waals surface area contributed by atoms with Gasteiger partial charge in [0.2, 0.25) is 10.0 Å². The Morgan fingerprint density at radius 3 is 1.52 bits per heavy atom. The second-order valence-corrected chi connectivity index (χ2v) is 8.57. The second-order valence-electron chi connectivity index (χ2n) is 4.77. The van der Waals surface area contributed by atoms with Crippen molar-refractivity contribution in [2.45, 2.75) is 0 Å². The molecule has 2 aromatic rings. The van der Waals surface area contributed by atoms with Gasteiger partial charge in [0.1, 0.15) is 0 Å². The van der Waals surface area contributed by atoms with Gasteiger partial charge in [-0.3, -0.25) is 0 Å². The van der Waals surface area contributed by atoms with Gasteiger partial charge in [-0.1, -0.05) is 24.3 Å². The molecule has 0 atom stereocenters. The monoisotopic (exact) mass is 356 g/mol. The maximum absolute atomic E-state index is 12.6. The van der Waals surface area contributed by atoms with Gasteiger partial charge in [-0.05, 0) is 24.3 Å². The third-order valence-electron chi connectivity index (χ3n) is 2.90. The summed E-state index contributed by atoms with van der Waals surface area (Å²) in [6, 6.07) is 12.3. The van der Waals surface area contributed by atoms with Gasteiger partial charge in [0, 0.05) is 0 Å². The Morgan fingerprint density at radius 2 is 1.17 bits per heavy atom. The third kappa shape index (κ3) is 3.92. The summed E-state index contributed by atoms with van der Waals surface area (Å²) in [5.41, 5.74) is 12.2. The number of primary sulfonamides is 1. The number of sulfonamides is 2. The van der Waals surface area contributed by atoms with Crippen LogP contribution in [-0.4, -0.2) is 21.9 Å². The molecule has 0 saturated carbocycles. The van der Waals surface area contributed by atoms with Crippen molar-refractivity contribution < 1.29 is 16.8 Å². The molecule has 0 spiro atoms. The fourth-order valence-electron chi connectivity index (χ4n) is 2.03. The zero-order valence-corrected chi connectivity index (χ0v) is 13.6. The number of rotatable bonds is 5. The molecule has 0 heterocycles. The summed E-state index contributed by atoms with van der Waals surface area (Å²) in [5.74, 6) is 0. The highest BCUT2D eigenvalue weighted by Gasteiger charge is 2.31. The number of nitrogens with two attached hydrogens (primary N) is 3. The summed E-state index contributed by atoms with van der Waals surface area (Å²) in [4.78, 5) is 0. The number of nitrogen functional groups attached to an aromatic ring is 2. The maximum atomic E-state index is 12.6. The number of para-hydroxylation sites is 4. The van der Waals surface area contributed by atoms with Crippen molar-refractivity contribution in [3.8, 4) is 0 Å². The van der Waals surface area contributed by atoms with E-state index in [1.165, 1.54) is 24.3 Å². The van der Waals surface area contributed by atoms with Gasteiger partial charge in [0.25, 0.3) is 10.0 Å². The van der Waals surface area contributed by atoms with Gasteiger partial charge in [0.05, 0.1) is 22.7 Å². The Labute approximate surface area is 134 Å². The van der Waals surface area contributed by atoms with Crippen LogP contribution < -0.4 is 20.9 Å². The molecule has 10 heteroatoms. The Kier molecular flexibility index (Phi) is 4.50. The normalized spacial score (nSPS) is 12.0. The first kappa shape index (κ1) is 17.1. The molecule has 0 saturated heterocycles. The van der Waals surface area contributed by atoms with E-state index in [-0.39, 0.29) is 22.7 Å². The molecule has 0 aliphatic rings. The Balaban J connectivity index is 2.72. The van der Waals surface area contributed by atoms with Gasteiger partial charge in [-0.2, -0.15) is 0 Å². The molecule has 0 aliphatic heterocycles. The summed E-state index contributed by atoms with van der Waals surface area (Å²) < 4.78 is 48.6. The zero-order chi connectivity index (χ0) is 17.3. The number of hydrogen-bond acceptors (Lipinski definition) is 6. The minimum Gasteiger partial charge on any atom is -0.397 e. The SMILES string of the molecule is Nc1ccccc1N(c1ccccc1N)S(=O)(=O)CS(N)(=O)=O. The van der Waals surface area contributed by atoms with E-state index >= 15 is 0 Å².